The number of carboxylic acids is 1. The fourth-order valence-corrected chi connectivity index (χ4v) is 2.22. The standard InChI is InChI=1S/C11H12ClN3O3/c12-8-4-9(14-5-13-8)15-10(16)6-1-2-7(3-6)11(17)18/h4-7H,1-3H2,(H,17,18)(H,13,14,15,16)/t6-,7+/m1/s1. The molecule has 1 saturated carbocycles. The molecule has 1 fully saturated rings. The summed E-state index contributed by atoms with van der Waals surface area (Å²) in [6.45, 7) is 0. The number of aliphatic carboxylic acids is 1. The largest absolute Gasteiger partial charge is 0.481 e. The first-order valence-corrected chi connectivity index (χ1v) is 5.95. The third-order valence-electron chi connectivity index (χ3n) is 3.04. The maximum Gasteiger partial charge on any atom is 0.306 e. The Balaban J connectivity index is 1.95. The molecule has 0 radical (unpaired) electrons. The van der Waals surface area contributed by atoms with Crippen LogP contribution in [0.1, 0.15) is 19.3 Å². The molecule has 0 aromatic carbocycles. The van der Waals surface area contributed by atoms with Crippen molar-refractivity contribution in [2.24, 2.45) is 11.8 Å². The first-order chi connectivity index (χ1) is 8.56. The summed E-state index contributed by atoms with van der Waals surface area (Å²) in [7, 11) is 0. The highest BCUT2D eigenvalue weighted by atomic mass is 35.5. The van der Waals surface area contributed by atoms with Crippen molar-refractivity contribution >= 4 is 29.3 Å². The molecule has 1 amide bonds. The molecule has 1 aliphatic carbocycles. The summed E-state index contributed by atoms with van der Waals surface area (Å²) in [5.74, 6) is -1.42. The summed E-state index contributed by atoms with van der Waals surface area (Å²) in [6.07, 6.45) is 2.76. The predicted octanol–water partition coefficient (Wildman–Crippen LogP) is 1.57. The lowest BCUT2D eigenvalue weighted by molar-refractivity contribution is -0.141. The maximum atomic E-state index is 11.9. The van der Waals surface area contributed by atoms with E-state index >= 15 is 0 Å². The molecular weight excluding hydrogens is 258 g/mol. The van der Waals surface area contributed by atoms with E-state index in [4.69, 9.17) is 16.7 Å². The van der Waals surface area contributed by atoms with E-state index in [1.807, 2.05) is 0 Å². The third-order valence-corrected chi connectivity index (χ3v) is 3.24. The van der Waals surface area contributed by atoms with Crippen LogP contribution in [-0.4, -0.2) is 27.0 Å². The fraction of sp³-hybridized carbons (Fsp3) is 0.455. The van der Waals surface area contributed by atoms with Crippen molar-refractivity contribution < 1.29 is 14.7 Å². The van der Waals surface area contributed by atoms with E-state index in [0.29, 0.717) is 25.1 Å². The highest BCUT2D eigenvalue weighted by Gasteiger charge is 2.33. The summed E-state index contributed by atoms with van der Waals surface area (Å²) < 4.78 is 0. The highest BCUT2D eigenvalue weighted by Crippen LogP contribution is 2.31. The van der Waals surface area contributed by atoms with Gasteiger partial charge in [0.1, 0.15) is 17.3 Å². The smallest absolute Gasteiger partial charge is 0.306 e. The zero-order chi connectivity index (χ0) is 13.1. The molecule has 0 bridgehead atoms. The topological polar surface area (TPSA) is 92.2 Å². The van der Waals surface area contributed by atoms with Gasteiger partial charge in [0, 0.05) is 12.0 Å². The first kappa shape index (κ1) is 12.8. The van der Waals surface area contributed by atoms with E-state index in [-0.39, 0.29) is 17.0 Å². The molecule has 2 atom stereocenters. The Bertz CT molecular complexity index is 480. The average Bonchev–Trinajstić information content (AvgIpc) is 2.78. The summed E-state index contributed by atoms with van der Waals surface area (Å²) >= 11 is 5.67. The highest BCUT2D eigenvalue weighted by molar-refractivity contribution is 6.29. The number of nitrogens with zero attached hydrogens (tertiary/aromatic N) is 2. The fourth-order valence-electron chi connectivity index (χ4n) is 2.07. The lowest BCUT2D eigenvalue weighted by atomic mass is 10.0. The van der Waals surface area contributed by atoms with Crippen LogP contribution in [0.4, 0.5) is 5.82 Å². The van der Waals surface area contributed by atoms with Crippen LogP contribution in [0.5, 0.6) is 0 Å². The van der Waals surface area contributed by atoms with E-state index in [9.17, 15) is 9.59 Å². The molecule has 0 unspecified atom stereocenters. The van der Waals surface area contributed by atoms with Gasteiger partial charge in [-0.2, -0.15) is 0 Å². The van der Waals surface area contributed by atoms with Crippen LogP contribution in [0.15, 0.2) is 12.4 Å². The zero-order valence-corrected chi connectivity index (χ0v) is 10.2. The summed E-state index contributed by atoms with van der Waals surface area (Å²) in [4.78, 5) is 30.3. The number of aromatic nitrogens is 2. The quantitative estimate of drug-likeness (QED) is 0.813. The number of rotatable bonds is 3. The second-order valence-electron chi connectivity index (χ2n) is 4.26. The van der Waals surface area contributed by atoms with Gasteiger partial charge in [0.15, 0.2) is 0 Å². The van der Waals surface area contributed by atoms with Crippen molar-refractivity contribution in [3.8, 4) is 0 Å². The Morgan fingerprint density at radius 1 is 1.33 bits per heavy atom. The second kappa shape index (κ2) is 5.30. The first-order valence-electron chi connectivity index (χ1n) is 5.57. The number of amides is 1. The van der Waals surface area contributed by atoms with Gasteiger partial charge in [-0.1, -0.05) is 11.6 Å². The van der Waals surface area contributed by atoms with E-state index < -0.39 is 11.9 Å². The van der Waals surface area contributed by atoms with Crippen molar-refractivity contribution in [3.05, 3.63) is 17.5 Å². The Kier molecular flexibility index (Phi) is 3.76. The van der Waals surface area contributed by atoms with E-state index in [2.05, 4.69) is 15.3 Å². The van der Waals surface area contributed by atoms with E-state index in [1.165, 1.54) is 12.4 Å². The van der Waals surface area contributed by atoms with Crippen LogP contribution < -0.4 is 5.32 Å². The number of nitrogens with one attached hydrogen (secondary N) is 1. The number of carbonyl (C=O) groups is 2. The molecule has 2 rings (SSSR count). The van der Waals surface area contributed by atoms with Gasteiger partial charge in [-0.25, -0.2) is 9.97 Å². The van der Waals surface area contributed by atoms with Crippen molar-refractivity contribution in [1.29, 1.82) is 0 Å². The molecule has 2 N–H and O–H groups in total. The average molecular weight is 270 g/mol. The van der Waals surface area contributed by atoms with Gasteiger partial charge in [0.2, 0.25) is 5.91 Å². The lowest BCUT2D eigenvalue weighted by Gasteiger charge is -2.09. The lowest BCUT2D eigenvalue weighted by Crippen LogP contribution is -2.22. The predicted molar refractivity (Wildman–Crippen MR) is 64.1 cm³/mol. The van der Waals surface area contributed by atoms with Gasteiger partial charge in [0.05, 0.1) is 5.92 Å². The number of hydrogen-bond donors (Lipinski definition) is 2. The van der Waals surface area contributed by atoms with Gasteiger partial charge in [-0.05, 0) is 19.3 Å². The van der Waals surface area contributed by atoms with Crippen molar-refractivity contribution in [3.63, 3.8) is 0 Å². The van der Waals surface area contributed by atoms with Gasteiger partial charge in [-0.3, -0.25) is 9.59 Å². The van der Waals surface area contributed by atoms with Crippen LogP contribution in [0.2, 0.25) is 5.15 Å². The summed E-state index contributed by atoms with van der Waals surface area (Å²) in [6, 6.07) is 1.45. The molecule has 7 heteroatoms. The summed E-state index contributed by atoms with van der Waals surface area (Å²) in [5.41, 5.74) is 0. The third kappa shape index (κ3) is 2.95. The summed E-state index contributed by atoms with van der Waals surface area (Å²) in [5, 5.41) is 11.7. The Morgan fingerprint density at radius 3 is 2.67 bits per heavy atom. The minimum Gasteiger partial charge on any atom is -0.481 e. The van der Waals surface area contributed by atoms with Crippen molar-refractivity contribution in [1.82, 2.24) is 9.97 Å². The molecule has 0 aliphatic heterocycles. The molecule has 1 aromatic heterocycles. The number of hydrogen-bond acceptors (Lipinski definition) is 4. The van der Waals surface area contributed by atoms with Crippen LogP contribution >= 0.6 is 11.6 Å². The number of halogens is 1. The molecule has 0 spiro atoms. The number of anilines is 1. The molecule has 1 heterocycles. The monoisotopic (exact) mass is 269 g/mol. The molecule has 1 aromatic rings. The molecular formula is C11H12ClN3O3. The van der Waals surface area contributed by atoms with Gasteiger partial charge < -0.3 is 10.4 Å². The maximum absolute atomic E-state index is 11.9. The van der Waals surface area contributed by atoms with Crippen molar-refractivity contribution in [2.45, 2.75) is 19.3 Å². The van der Waals surface area contributed by atoms with E-state index in [0.717, 1.165) is 0 Å². The number of carbonyl (C=O) groups excluding carboxylic acids is 1. The Hall–Kier alpha value is -1.69. The second-order valence-corrected chi connectivity index (χ2v) is 4.65. The van der Waals surface area contributed by atoms with Crippen LogP contribution in [0.25, 0.3) is 0 Å². The molecule has 6 nitrogen and oxygen atoms in total. The minimum absolute atomic E-state index is 0.214. The molecule has 96 valence electrons. The van der Waals surface area contributed by atoms with Crippen LogP contribution in [0, 0.1) is 11.8 Å². The molecule has 18 heavy (non-hydrogen) atoms. The van der Waals surface area contributed by atoms with Crippen molar-refractivity contribution in [2.75, 3.05) is 5.32 Å². The normalized spacial score (nSPS) is 22.7. The van der Waals surface area contributed by atoms with Gasteiger partial charge >= 0.3 is 5.97 Å². The number of carboxylic acid groups (broad SMARTS) is 1. The van der Waals surface area contributed by atoms with Gasteiger partial charge in [-0.15, -0.1) is 0 Å². The Morgan fingerprint density at radius 2 is 2.06 bits per heavy atom. The van der Waals surface area contributed by atoms with Crippen LogP contribution in [0.3, 0.4) is 0 Å². The molecule has 0 saturated heterocycles. The SMILES string of the molecule is O=C(O)[C@H]1CC[C@@H](C(=O)Nc2cc(Cl)ncn2)C1. The van der Waals surface area contributed by atoms with Gasteiger partial charge in [0.25, 0.3) is 0 Å². The Labute approximate surface area is 108 Å². The zero-order valence-electron chi connectivity index (χ0n) is 9.47. The minimum atomic E-state index is -0.838. The van der Waals surface area contributed by atoms with E-state index in [1.54, 1.807) is 0 Å². The van der Waals surface area contributed by atoms with Crippen LogP contribution in [-0.2, 0) is 9.59 Å². The molecule has 1 aliphatic rings.